The Bertz CT molecular complexity index is 818. The molecule has 4 rings (SSSR count). The smallest absolute Gasteiger partial charge is 0.416 e. The summed E-state index contributed by atoms with van der Waals surface area (Å²) in [7, 11) is 0. The number of ether oxygens (including phenoxy) is 1. The molecule has 1 aromatic carbocycles. The van der Waals surface area contributed by atoms with Crippen molar-refractivity contribution < 1.29 is 23.0 Å². The molecule has 2 aromatic rings. The number of anilines is 1. The molecule has 3 heterocycles. The van der Waals surface area contributed by atoms with E-state index < -0.39 is 17.5 Å². The molecule has 0 amide bonds. The van der Waals surface area contributed by atoms with Crippen LogP contribution in [-0.4, -0.2) is 53.7 Å². The molecular weight excluding hydrogens is 361 g/mol. The zero-order valence-corrected chi connectivity index (χ0v) is 14.6. The molecule has 2 saturated heterocycles. The fourth-order valence-electron chi connectivity index (χ4n) is 3.75. The second kappa shape index (κ2) is 6.65. The number of halogens is 3. The van der Waals surface area contributed by atoms with Gasteiger partial charge < -0.3 is 20.1 Å². The van der Waals surface area contributed by atoms with Crippen LogP contribution in [0.4, 0.5) is 19.0 Å². The predicted molar refractivity (Wildman–Crippen MR) is 92.6 cm³/mol. The molecule has 1 aromatic heterocycles. The van der Waals surface area contributed by atoms with Crippen molar-refractivity contribution in [2.24, 2.45) is 0 Å². The Morgan fingerprint density at radius 3 is 2.70 bits per heavy atom. The maximum atomic E-state index is 12.9. The van der Waals surface area contributed by atoms with Crippen molar-refractivity contribution in [1.82, 2.24) is 15.5 Å². The second-order valence-corrected chi connectivity index (χ2v) is 6.79. The number of aromatic nitrogens is 2. The molecule has 0 radical (unpaired) electrons. The number of phenols is 1. The van der Waals surface area contributed by atoms with E-state index in [0.717, 1.165) is 19.2 Å². The molecule has 2 aliphatic rings. The van der Waals surface area contributed by atoms with Crippen LogP contribution in [0.25, 0.3) is 11.3 Å². The summed E-state index contributed by atoms with van der Waals surface area (Å²) in [4.78, 5) is 2.13. The van der Waals surface area contributed by atoms with Gasteiger partial charge >= 0.3 is 6.18 Å². The zero-order valence-electron chi connectivity index (χ0n) is 14.6. The van der Waals surface area contributed by atoms with Crippen molar-refractivity contribution in [2.45, 2.75) is 25.2 Å². The van der Waals surface area contributed by atoms with Crippen LogP contribution in [0, 0.1) is 6.92 Å². The van der Waals surface area contributed by atoms with Gasteiger partial charge in [-0.1, -0.05) is 0 Å². The first-order valence-corrected chi connectivity index (χ1v) is 8.68. The highest BCUT2D eigenvalue weighted by molar-refractivity contribution is 5.71. The number of fused-ring (bicyclic) bond motifs is 1. The summed E-state index contributed by atoms with van der Waals surface area (Å²) in [5.41, 5.74) is -0.0176. The molecule has 0 saturated carbocycles. The van der Waals surface area contributed by atoms with Gasteiger partial charge in [-0.25, -0.2) is 0 Å². The lowest BCUT2D eigenvalue weighted by molar-refractivity contribution is -0.137. The van der Waals surface area contributed by atoms with Crippen molar-refractivity contribution in [3.8, 4) is 17.0 Å². The zero-order chi connectivity index (χ0) is 19.2. The number of aromatic hydroxyl groups is 1. The normalized spacial score (nSPS) is 22.7. The lowest BCUT2D eigenvalue weighted by atomic mass is 10.0. The van der Waals surface area contributed by atoms with Crippen LogP contribution in [0.3, 0.4) is 0 Å². The minimum absolute atomic E-state index is 0.112. The third-order valence-corrected chi connectivity index (χ3v) is 5.04. The average Bonchev–Trinajstić information content (AvgIpc) is 3.10. The van der Waals surface area contributed by atoms with Crippen molar-refractivity contribution in [3.05, 3.63) is 35.4 Å². The third-order valence-electron chi connectivity index (χ3n) is 5.04. The number of rotatable bonds is 2. The molecule has 0 bridgehead atoms. The maximum Gasteiger partial charge on any atom is 0.416 e. The number of nitrogens with zero attached hydrogens (tertiary/aromatic N) is 3. The van der Waals surface area contributed by atoms with E-state index in [4.69, 9.17) is 4.74 Å². The van der Waals surface area contributed by atoms with Crippen molar-refractivity contribution in [1.29, 1.82) is 0 Å². The van der Waals surface area contributed by atoms with Crippen LogP contribution in [0.15, 0.2) is 24.3 Å². The van der Waals surface area contributed by atoms with Gasteiger partial charge in [0.05, 0.1) is 30.0 Å². The number of nitrogens with one attached hydrogen (secondary N) is 1. The molecule has 2 atom stereocenters. The van der Waals surface area contributed by atoms with Crippen LogP contribution in [0.2, 0.25) is 0 Å². The fraction of sp³-hybridized carbons (Fsp3) is 0.444. The maximum absolute atomic E-state index is 12.9. The molecule has 6 nitrogen and oxygen atoms in total. The van der Waals surface area contributed by atoms with Gasteiger partial charge in [0.15, 0.2) is 5.82 Å². The number of morpholine rings is 1. The van der Waals surface area contributed by atoms with Gasteiger partial charge in [0, 0.05) is 25.2 Å². The van der Waals surface area contributed by atoms with E-state index in [-0.39, 0.29) is 23.3 Å². The number of hydrogen-bond donors (Lipinski definition) is 2. The Morgan fingerprint density at radius 2 is 2.04 bits per heavy atom. The molecule has 144 valence electrons. The topological polar surface area (TPSA) is 70.5 Å². The number of hydrogen-bond acceptors (Lipinski definition) is 6. The van der Waals surface area contributed by atoms with Gasteiger partial charge in [0.1, 0.15) is 5.75 Å². The highest BCUT2D eigenvalue weighted by Gasteiger charge is 2.37. The van der Waals surface area contributed by atoms with Crippen LogP contribution in [-0.2, 0) is 10.9 Å². The molecule has 2 N–H and O–H groups in total. The number of benzene rings is 1. The Balaban J connectivity index is 1.63. The van der Waals surface area contributed by atoms with E-state index in [2.05, 4.69) is 20.4 Å². The first-order valence-electron chi connectivity index (χ1n) is 8.68. The monoisotopic (exact) mass is 380 g/mol. The lowest BCUT2D eigenvalue weighted by Crippen LogP contribution is -2.51. The van der Waals surface area contributed by atoms with Gasteiger partial charge in [0.25, 0.3) is 0 Å². The summed E-state index contributed by atoms with van der Waals surface area (Å²) >= 11 is 0. The van der Waals surface area contributed by atoms with Crippen LogP contribution in [0.1, 0.15) is 11.1 Å². The van der Waals surface area contributed by atoms with Gasteiger partial charge in [0.2, 0.25) is 0 Å². The SMILES string of the molecule is Cc1cc(C(F)(F)F)cc(O)c1-c1ccc(N2CCO[C@H]3CNC[C@H]32)nn1. The van der Waals surface area contributed by atoms with Gasteiger partial charge in [-0.15, -0.1) is 10.2 Å². The molecular formula is C18H19F3N4O2. The largest absolute Gasteiger partial charge is 0.507 e. The van der Waals surface area contributed by atoms with Crippen molar-refractivity contribution >= 4 is 5.82 Å². The quantitative estimate of drug-likeness (QED) is 0.834. The summed E-state index contributed by atoms with van der Waals surface area (Å²) < 4.78 is 44.4. The van der Waals surface area contributed by atoms with Gasteiger partial charge in [-0.3, -0.25) is 0 Å². The molecule has 9 heteroatoms. The standard InChI is InChI=1S/C18H19F3N4O2/c1-10-6-11(18(19,20)21)7-14(26)17(10)12-2-3-16(24-23-12)25-4-5-27-15-9-22-8-13(15)25/h2-3,6-7,13,15,22,26H,4-5,8-9H2,1H3/t13-,15+/m1/s1. The van der Waals surface area contributed by atoms with E-state index in [1.807, 2.05) is 0 Å². The van der Waals surface area contributed by atoms with Crippen molar-refractivity contribution in [2.75, 3.05) is 31.1 Å². The van der Waals surface area contributed by atoms with Crippen LogP contribution < -0.4 is 10.2 Å². The summed E-state index contributed by atoms with van der Waals surface area (Å²) in [6, 6.07) is 5.35. The number of alkyl halides is 3. The van der Waals surface area contributed by atoms with E-state index in [9.17, 15) is 18.3 Å². The lowest BCUT2D eigenvalue weighted by Gasteiger charge is -2.37. The Hall–Kier alpha value is -2.39. The van der Waals surface area contributed by atoms with E-state index in [1.54, 1.807) is 12.1 Å². The van der Waals surface area contributed by atoms with E-state index in [0.29, 0.717) is 30.7 Å². The van der Waals surface area contributed by atoms with E-state index >= 15 is 0 Å². The van der Waals surface area contributed by atoms with Crippen LogP contribution in [0.5, 0.6) is 5.75 Å². The first-order chi connectivity index (χ1) is 12.8. The van der Waals surface area contributed by atoms with Gasteiger partial charge in [-0.05, 0) is 36.8 Å². The summed E-state index contributed by atoms with van der Waals surface area (Å²) in [6.45, 7) is 4.40. The van der Waals surface area contributed by atoms with Crippen molar-refractivity contribution in [3.63, 3.8) is 0 Å². The number of aryl methyl sites for hydroxylation is 1. The first kappa shape index (κ1) is 18.0. The Labute approximate surface area is 154 Å². The second-order valence-electron chi connectivity index (χ2n) is 6.79. The van der Waals surface area contributed by atoms with E-state index in [1.165, 1.54) is 6.92 Å². The number of phenolic OH excluding ortho intramolecular Hbond substituents is 1. The predicted octanol–water partition coefficient (Wildman–Crippen LogP) is 2.35. The average molecular weight is 380 g/mol. The molecule has 0 unspecified atom stereocenters. The summed E-state index contributed by atoms with van der Waals surface area (Å²) in [6.07, 6.45) is -4.40. The fourth-order valence-corrected chi connectivity index (χ4v) is 3.75. The Kier molecular flexibility index (Phi) is 4.43. The Morgan fingerprint density at radius 1 is 1.22 bits per heavy atom. The summed E-state index contributed by atoms with van der Waals surface area (Å²) in [5.74, 6) is 0.223. The molecule has 2 fully saturated rings. The minimum Gasteiger partial charge on any atom is -0.507 e. The van der Waals surface area contributed by atoms with Gasteiger partial charge in [-0.2, -0.15) is 13.2 Å². The molecule has 0 spiro atoms. The molecule has 27 heavy (non-hydrogen) atoms. The van der Waals surface area contributed by atoms with Crippen LogP contribution >= 0.6 is 0 Å². The summed E-state index contributed by atoms with van der Waals surface area (Å²) in [5, 5.41) is 21.8. The highest BCUT2D eigenvalue weighted by Crippen LogP contribution is 2.38. The molecule has 0 aliphatic carbocycles. The minimum atomic E-state index is -4.52. The third kappa shape index (κ3) is 3.32. The molecule has 2 aliphatic heterocycles. The highest BCUT2D eigenvalue weighted by atomic mass is 19.4.